The van der Waals surface area contributed by atoms with Crippen LogP contribution in [0, 0.1) is 27.7 Å². The Morgan fingerprint density at radius 2 is 1.53 bits per heavy atom. The SMILES string of the molecule is Cc1c(C)c(C)c2c(c1C)CCNC2C. The second-order valence-electron chi connectivity index (χ2n) is 4.82. The van der Waals surface area contributed by atoms with Crippen LogP contribution in [0.3, 0.4) is 0 Å². The lowest BCUT2D eigenvalue weighted by Gasteiger charge is -2.30. The minimum atomic E-state index is 0.520. The molecular weight excluding hydrogens is 182 g/mol. The predicted molar refractivity (Wildman–Crippen MR) is 65.5 cm³/mol. The Balaban J connectivity index is 2.74. The van der Waals surface area contributed by atoms with Gasteiger partial charge in [-0.15, -0.1) is 0 Å². The van der Waals surface area contributed by atoms with Crippen LogP contribution in [0.2, 0.25) is 0 Å². The van der Waals surface area contributed by atoms with Crippen LogP contribution >= 0.6 is 0 Å². The van der Waals surface area contributed by atoms with Crippen molar-refractivity contribution in [1.82, 2.24) is 5.32 Å². The Morgan fingerprint density at radius 1 is 0.933 bits per heavy atom. The maximum atomic E-state index is 3.55. The third-order valence-corrected chi connectivity index (χ3v) is 4.13. The Kier molecular flexibility index (Phi) is 2.59. The van der Waals surface area contributed by atoms with Crippen LogP contribution < -0.4 is 5.32 Å². The Morgan fingerprint density at radius 3 is 2.20 bits per heavy atom. The van der Waals surface area contributed by atoms with E-state index in [0.717, 1.165) is 6.54 Å². The summed E-state index contributed by atoms with van der Waals surface area (Å²) >= 11 is 0. The van der Waals surface area contributed by atoms with E-state index in [4.69, 9.17) is 0 Å². The molecule has 1 atom stereocenters. The molecule has 82 valence electrons. The maximum absolute atomic E-state index is 3.55. The van der Waals surface area contributed by atoms with Gasteiger partial charge in [0.15, 0.2) is 0 Å². The van der Waals surface area contributed by atoms with Crippen molar-refractivity contribution >= 4 is 0 Å². The molecule has 1 aliphatic heterocycles. The summed E-state index contributed by atoms with van der Waals surface area (Å²) in [5.41, 5.74) is 9.13. The lowest BCUT2D eigenvalue weighted by atomic mass is 9.83. The normalized spacial score (nSPS) is 20.2. The lowest BCUT2D eigenvalue weighted by molar-refractivity contribution is 0.535. The first-order valence-electron chi connectivity index (χ1n) is 5.86. The number of hydrogen-bond acceptors (Lipinski definition) is 1. The molecule has 1 heteroatoms. The molecular formula is C14H21N. The molecule has 0 amide bonds. The van der Waals surface area contributed by atoms with E-state index in [1.807, 2.05) is 0 Å². The van der Waals surface area contributed by atoms with Gasteiger partial charge in [-0.2, -0.15) is 0 Å². The summed E-state index contributed by atoms with van der Waals surface area (Å²) in [6.45, 7) is 12.4. The molecule has 0 spiro atoms. The van der Waals surface area contributed by atoms with Gasteiger partial charge < -0.3 is 5.32 Å². The first-order chi connectivity index (χ1) is 7.04. The third-order valence-electron chi connectivity index (χ3n) is 4.13. The summed E-state index contributed by atoms with van der Waals surface area (Å²) in [6.07, 6.45) is 1.19. The fraction of sp³-hybridized carbons (Fsp3) is 0.571. The quantitative estimate of drug-likeness (QED) is 0.683. The minimum Gasteiger partial charge on any atom is -0.310 e. The van der Waals surface area contributed by atoms with Gasteiger partial charge in [0.25, 0.3) is 0 Å². The van der Waals surface area contributed by atoms with Crippen LogP contribution in [0.1, 0.15) is 46.3 Å². The Labute approximate surface area is 92.9 Å². The van der Waals surface area contributed by atoms with E-state index < -0.39 is 0 Å². The zero-order valence-corrected chi connectivity index (χ0v) is 10.5. The van der Waals surface area contributed by atoms with Gasteiger partial charge in [-0.05, 0) is 81.0 Å². The number of rotatable bonds is 0. The van der Waals surface area contributed by atoms with Gasteiger partial charge in [-0.3, -0.25) is 0 Å². The van der Waals surface area contributed by atoms with Crippen molar-refractivity contribution in [1.29, 1.82) is 0 Å². The summed E-state index contributed by atoms with van der Waals surface area (Å²) in [5, 5.41) is 3.55. The molecule has 0 saturated carbocycles. The average molecular weight is 203 g/mol. The molecule has 0 fully saturated rings. The molecule has 1 heterocycles. The molecule has 2 rings (SSSR count). The molecule has 1 unspecified atom stereocenters. The predicted octanol–water partition coefficient (Wildman–Crippen LogP) is 3.13. The number of benzene rings is 1. The van der Waals surface area contributed by atoms with Crippen molar-refractivity contribution in [3.8, 4) is 0 Å². The summed E-state index contributed by atoms with van der Waals surface area (Å²) in [5.74, 6) is 0. The van der Waals surface area contributed by atoms with Crippen LogP contribution in [0.25, 0.3) is 0 Å². The maximum Gasteiger partial charge on any atom is 0.0297 e. The highest BCUT2D eigenvalue weighted by Gasteiger charge is 2.22. The highest BCUT2D eigenvalue weighted by Crippen LogP contribution is 2.33. The molecule has 0 aliphatic carbocycles. The molecule has 0 bridgehead atoms. The monoisotopic (exact) mass is 203 g/mol. The van der Waals surface area contributed by atoms with Crippen molar-refractivity contribution in [3.05, 3.63) is 33.4 Å². The molecule has 0 aromatic heterocycles. The van der Waals surface area contributed by atoms with Crippen LogP contribution in [-0.2, 0) is 6.42 Å². The molecule has 1 aromatic carbocycles. The van der Waals surface area contributed by atoms with Crippen LogP contribution in [0.5, 0.6) is 0 Å². The Bertz CT molecular complexity index is 405. The first kappa shape index (κ1) is 10.7. The van der Waals surface area contributed by atoms with Gasteiger partial charge in [0.05, 0.1) is 0 Å². The zero-order valence-electron chi connectivity index (χ0n) is 10.5. The topological polar surface area (TPSA) is 12.0 Å². The molecule has 1 aromatic rings. The van der Waals surface area contributed by atoms with E-state index in [0.29, 0.717) is 6.04 Å². The van der Waals surface area contributed by atoms with E-state index in [1.54, 1.807) is 11.1 Å². The van der Waals surface area contributed by atoms with Gasteiger partial charge in [0.2, 0.25) is 0 Å². The molecule has 1 N–H and O–H groups in total. The highest BCUT2D eigenvalue weighted by molar-refractivity contribution is 5.52. The molecule has 0 saturated heterocycles. The number of fused-ring (bicyclic) bond motifs is 1. The van der Waals surface area contributed by atoms with Crippen molar-refractivity contribution in [2.75, 3.05) is 6.54 Å². The van der Waals surface area contributed by atoms with Crippen molar-refractivity contribution in [2.45, 2.75) is 47.1 Å². The fourth-order valence-electron chi connectivity index (χ4n) is 2.84. The minimum absolute atomic E-state index is 0.520. The van der Waals surface area contributed by atoms with Gasteiger partial charge >= 0.3 is 0 Å². The summed E-state index contributed by atoms with van der Waals surface area (Å²) in [6, 6.07) is 0.520. The fourth-order valence-corrected chi connectivity index (χ4v) is 2.84. The van der Waals surface area contributed by atoms with Crippen LogP contribution in [-0.4, -0.2) is 6.54 Å². The van der Waals surface area contributed by atoms with Gasteiger partial charge in [0.1, 0.15) is 0 Å². The third kappa shape index (κ3) is 1.50. The summed E-state index contributed by atoms with van der Waals surface area (Å²) in [7, 11) is 0. The second-order valence-corrected chi connectivity index (χ2v) is 4.82. The Hall–Kier alpha value is -0.820. The van der Waals surface area contributed by atoms with Crippen molar-refractivity contribution in [3.63, 3.8) is 0 Å². The van der Waals surface area contributed by atoms with E-state index >= 15 is 0 Å². The first-order valence-corrected chi connectivity index (χ1v) is 5.86. The number of hydrogen-bond donors (Lipinski definition) is 1. The molecule has 1 aliphatic rings. The second kappa shape index (κ2) is 3.64. The summed E-state index contributed by atoms with van der Waals surface area (Å²) < 4.78 is 0. The largest absolute Gasteiger partial charge is 0.310 e. The zero-order chi connectivity index (χ0) is 11.2. The van der Waals surface area contributed by atoms with E-state index in [2.05, 4.69) is 39.9 Å². The van der Waals surface area contributed by atoms with Gasteiger partial charge in [-0.1, -0.05) is 0 Å². The number of nitrogens with one attached hydrogen (secondary N) is 1. The van der Waals surface area contributed by atoms with Crippen LogP contribution in [0.15, 0.2) is 0 Å². The van der Waals surface area contributed by atoms with Crippen LogP contribution in [0.4, 0.5) is 0 Å². The van der Waals surface area contributed by atoms with E-state index in [9.17, 15) is 0 Å². The average Bonchev–Trinajstić information content (AvgIpc) is 2.23. The molecule has 1 nitrogen and oxygen atoms in total. The highest BCUT2D eigenvalue weighted by atomic mass is 14.9. The summed E-state index contributed by atoms with van der Waals surface area (Å²) in [4.78, 5) is 0. The molecule has 0 radical (unpaired) electrons. The van der Waals surface area contributed by atoms with Gasteiger partial charge in [0, 0.05) is 6.04 Å². The van der Waals surface area contributed by atoms with E-state index in [1.165, 1.54) is 28.7 Å². The lowest BCUT2D eigenvalue weighted by Crippen LogP contribution is -2.29. The standard InChI is InChI=1S/C14H21N/c1-8-9(2)11(4)14-12(5)15-7-6-13(14)10(8)3/h12,15H,6-7H2,1-5H3. The molecule has 15 heavy (non-hydrogen) atoms. The smallest absolute Gasteiger partial charge is 0.0297 e. The van der Waals surface area contributed by atoms with Gasteiger partial charge in [-0.25, -0.2) is 0 Å². The van der Waals surface area contributed by atoms with Crippen molar-refractivity contribution < 1.29 is 0 Å². The van der Waals surface area contributed by atoms with E-state index in [-0.39, 0.29) is 0 Å². The van der Waals surface area contributed by atoms with Crippen molar-refractivity contribution in [2.24, 2.45) is 0 Å².